The van der Waals surface area contributed by atoms with Gasteiger partial charge in [0.2, 0.25) is 6.10 Å². The number of ether oxygens (including phenoxy) is 2. The summed E-state index contributed by atoms with van der Waals surface area (Å²) in [6.45, 7) is 6.26. The van der Waals surface area contributed by atoms with Crippen LogP contribution < -0.4 is 14.8 Å². The highest BCUT2D eigenvalue weighted by atomic mass is 16.6. The van der Waals surface area contributed by atoms with Crippen LogP contribution >= 0.6 is 0 Å². The van der Waals surface area contributed by atoms with Crippen molar-refractivity contribution >= 4 is 34.1 Å². The number of aryl methyl sites for hydroxylation is 1. The number of benzene rings is 3. The fraction of sp³-hybridized carbons (Fsp3) is 0.250. The van der Waals surface area contributed by atoms with Crippen molar-refractivity contribution in [1.82, 2.24) is 5.32 Å². The minimum Gasteiger partial charge on any atom is -0.507 e. The van der Waals surface area contributed by atoms with Crippen LogP contribution in [0.4, 0.5) is 0 Å². The first-order valence-corrected chi connectivity index (χ1v) is 13.4. The molecule has 2 atom stereocenters. The average Bonchev–Trinajstić information content (AvgIpc) is 3.28. The third-order valence-electron chi connectivity index (χ3n) is 7.84. The number of amides is 1. The van der Waals surface area contributed by atoms with E-state index in [0.717, 1.165) is 21.9 Å². The molecular weight excluding hydrogens is 556 g/mol. The summed E-state index contributed by atoms with van der Waals surface area (Å²) >= 11 is 0. The molecule has 222 valence electrons. The van der Waals surface area contributed by atoms with Crippen LogP contribution in [0.5, 0.6) is 17.2 Å². The molecule has 11 nitrogen and oxygen atoms in total. The number of nitrogens with zero attached hydrogens (tertiary/aromatic N) is 1. The number of carboxylic acids is 1. The van der Waals surface area contributed by atoms with Gasteiger partial charge in [-0.2, -0.15) is 0 Å². The number of Topliss-reactive ketones (excluding diaryl/α,β-unsaturated/α-hetero) is 1. The molecule has 11 heteroatoms. The molecule has 3 aromatic carbocycles. The van der Waals surface area contributed by atoms with Crippen LogP contribution in [0.1, 0.15) is 47.8 Å². The Morgan fingerprint density at radius 1 is 1.16 bits per heavy atom. The number of phenolic OH excluding ortho intramolecular Hbond substituents is 1. The second kappa shape index (κ2) is 10.8. The van der Waals surface area contributed by atoms with E-state index in [-0.39, 0.29) is 52.0 Å². The van der Waals surface area contributed by atoms with Gasteiger partial charge in [0.1, 0.15) is 34.0 Å². The minimum absolute atomic E-state index is 0.00802. The van der Waals surface area contributed by atoms with E-state index in [1.165, 1.54) is 40.0 Å². The van der Waals surface area contributed by atoms with Crippen LogP contribution in [0.25, 0.3) is 10.8 Å². The number of carbonyl (C=O) groups excluding carboxylic acids is 2. The molecule has 0 bridgehead atoms. The lowest BCUT2D eigenvalue weighted by Gasteiger charge is -2.28. The molecule has 0 fully saturated rings. The number of allylic oxidation sites excluding steroid dienone is 3. The Balaban J connectivity index is 1.54. The van der Waals surface area contributed by atoms with Crippen LogP contribution in [-0.4, -0.2) is 51.9 Å². The molecule has 1 amide bonds. The van der Waals surface area contributed by atoms with Crippen LogP contribution in [-0.2, 0) is 26.4 Å². The zero-order valence-electron chi connectivity index (χ0n) is 24.1. The fourth-order valence-corrected chi connectivity index (χ4v) is 5.42. The summed E-state index contributed by atoms with van der Waals surface area (Å²) in [5.41, 5.74) is -0.126. The van der Waals surface area contributed by atoms with E-state index in [4.69, 9.17) is 19.4 Å². The highest BCUT2D eigenvalue weighted by Crippen LogP contribution is 2.56. The van der Waals surface area contributed by atoms with Crippen molar-refractivity contribution < 1.29 is 44.0 Å². The van der Waals surface area contributed by atoms with Crippen LogP contribution in [0.2, 0.25) is 0 Å². The second-order valence-electron chi connectivity index (χ2n) is 10.5. The topological polar surface area (TPSA) is 164 Å². The molecule has 43 heavy (non-hydrogen) atoms. The second-order valence-corrected chi connectivity index (χ2v) is 10.5. The summed E-state index contributed by atoms with van der Waals surface area (Å²) in [7, 11) is 1.34. The van der Waals surface area contributed by atoms with Gasteiger partial charge in [-0.1, -0.05) is 41.6 Å². The molecule has 0 saturated carbocycles. The third-order valence-corrected chi connectivity index (χ3v) is 7.84. The lowest BCUT2D eigenvalue weighted by molar-refractivity contribution is -0.149. The summed E-state index contributed by atoms with van der Waals surface area (Å²) in [5.74, 6) is -3.49. The molecule has 2 aliphatic rings. The van der Waals surface area contributed by atoms with E-state index >= 15 is 0 Å². The number of rotatable bonds is 8. The highest BCUT2D eigenvalue weighted by Gasteiger charge is 2.55. The van der Waals surface area contributed by atoms with E-state index < -0.39 is 34.9 Å². The summed E-state index contributed by atoms with van der Waals surface area (Å²) in [6.07, 6.45) is -0.104. The number of nitrogens with one attached hydrogen (secondary N) is 1. The Morgan fingerprint density at radius 3 is 2.58 bits per heavy atom. The number of hydrogen-bond donors (Lipinski definition) is 4. The molecule has 1 aliphatic heterocycles. The van der Waals surface area contributed by atoms with Gasteiger partial charge in [0.15, 0.2) is 11.5 Å². The van der Waals surface area contributed by atoms with Crippen molar-refractivity contribution in [3.63, 3.8) is 0 Å². The number of phenols is 1. The molecule has 1 unspecified atom stereocenters. The van der Waals surface area contributed by atoms with Gasteiger partial charge in [-0.3, -0.25) is 9.59 Å². The number of aliphatic hydroxyl groups excluding tert-OH is 1. The first kappa shape index (κ1) is 29.2. The molecule has 0 spiro atoms. The van der Waals surface area contributed by atoms with Gasteiger partial charge in [0.25, 0.3) is 5.91 Å². The Labute approximate surface area is 246 Å². The SMILES string of the molecule is COc1cc(O)c2c(c1C(=O)NCc1c(C)ccc3ccccc13)OC1=CC(O)=C(/C(C)=N/OC(C)C(=O)O)C(=O)[C@]12C. The molecule has 0 aromatic heterocycles. The predicted molar refractivity (Wildman–Crippen MR) is 157 cm³/mol. The number of ketones is 1. The molecule has 1 aliphatic carbocycles. The molecule has 0 saturated heterocycles. The number of aliphatic carboxylic acids is 1. The molecular formula is C32H30N2O9. The zero-order valence-corrected chi connectivity index (χ0v) is 24.1. The molecule has 1 heterocycles. The first-order chi connectivity index (χ1) is 20.4. The van der Waals surface area contributed by atoms with Gasteiger partial charge < -0.3 is 34.9 Å². The number of oxime groups is 1. The van der Waals surface area contributed by atoms with Crippen molar-refractivity contribution in [2.75, 3.05) is 7.11 Å². The zero-order chi connectivity index (χ0) is 31.2. The quantitative estimate of drug-likeness (QED) is 0.218. The van der Waals surface area contributed by atoms with Crippen molar-refractivity contribution in [3.05, 3.63) is 87.9 Å². The summed E-state index contributed by atoms with van der Waals surface area (Å²) < 4.78 is 11.5. The largest absolute Gasteiger partial charge is 0.507 e. The van der Waals surface area contributed by atoms with Crippen LogP contribution in [0.3, 0.4) is 0 Å². The fourth-order valence-electron chi connectivity index (χ4n) is 5.42. The standard InChI is InChI=1S/C32H30N2O9/c1-15-10-11-18-8-6-7-9-19(18)20(15)14-33-30(38)26-23(41-5)12-22(36)27-28(26)42-24-13-21(35)25(29(37)32(24,27)4)16(2)34-43-17(3)31(39)40/h6-13,17,35-36H,14H2,1-5H3,(H,33,38)(H,39,40)/b34-16+/t17?,32-/m1/s1. The summed E-state index contributed by atoms with van der Waals surface area (Å²) in [6, 6.07) is 13.0. The monoisotopic (exact) mass is 586 g/mol. The number of carbonyl (C=O) groups is 3. The Hall–Kier alpha value is -5.32. The van der Waals surface area contributed by atoms with Crippen LogP contribution in [0.15, 0.2) is 70.8 Å². The Kier molecular flexibility index (Phi) is 7.35. The number of methoxy groups -OCH3 is 1. The van der Waals surface area contributed by atoms with E-state index in [9.17, 15) is 24.6 Å². The maximum atomic E-state index is 13.9. The van der Waals surface area contributed by atoms with Gasteiger partial charge in [0.05, 0.1) is 24.0 Å². The van der Waals surface area contributed by atoms with E-state index in [2.05, 4.69) is 10.5 Å². The van der Waals surface area contributed by atoms with E-state index in [0.29, 0.717) is 0 Å². The number of fused-ring (bicyclic) bond motifs is 4. The lowest BCUT2D eigenvalue weighted by atomic mass is 9.71. The third kappa shape index (κ3) is 4.72. The molecule has 5 rings (SSSR count). The maximum Gasteiger partial charge on any atom is 0.347 e. The smallest absolute Gasteiger partial charge is 0.347 e. The summed E-state index contributed by atoms with van der Waals surface area (Å²) in [4.78, 5) is 43.8. The lowest BCUT2D eigenvalue weighted by Crippen LogP contribution is -2.39. The van der Waals surface area contributed by atoms with E-state index in [1.54, 1.807) is 0 Å². The number of aliphatic hydroxyl groups is 1. The van der Waals surface area contributed by atoms with Crippen molar-refractivity contribution in [1.29, 1.82) is 0 Å². The minimum atomic E-state index is -1.66. The maximum absolute atomic E-state index is 13.9. The number of hydrogen-bond acceptors (Lipinski definition) is 9. The highest BCUT2D eigenvalue weighted by molar-refractivity contribution is 6.27. The van der Waals surface area contributed by atoms with Crippen molar-refractivity contribution in [3.8, 4) is 17.2 Å². The molecule has 4 N–H and O–H groups in total. The van der Waals surface area contributed by atoms with E-state index in [1.807, 2.05) is 43.3 Å². The van der Waals surface area contributed by atoms with Gasteiger partial charge in [-0.25, -0.2) is 4.79 Å². The van der Waals surface area contributed by atoms with Gasteiger partial charge in [-0.15, -0.1) is 0 Å². The normalized spacial score (nSPS) is 18.4. The Morgan fingerprint density at radius 2 is 1.88 bits per heavy atom. The van der Waals surface area contributed by atoms with Crippen LogP contribution in [0, 0.1) is 6.92 Å². The first-order valence-electron chi connectivity index (χ1n) is 13.4. The predicted octanol–water partition coefficient (Wildman–Crippen LogP) is 4.59. The molecule has 3 aromatic rings. The molecule has 0 radical (unpaired) electrons. The number of aromatic hydroxyl groups is 1. The number of carboxylic acid groups (broad SMARTS) is 1. The Bertz CT molecular complexity index is 1800. The van der Waals surface area contributed by atoms with Gasteiger partial charge >= 0.3 is 5.97 Å². The van der Waals surface area contributed by atoms with Crippen molar-refractivity contribution in [2.24, 2.45) is 5.16 Å². The summed E-state index contributed by atoms with van der Waals surface area (Å²) in [5, 5.41) is 39.6. The van der Waals surface area contributed by atoms with Crippen molar-refractivity contribution in [2.45, 2.75) is 45.8 Å². The van der Waals surface area contributed by atoms with Gasteiger partial charge in [0, 0.05) is 18.7 Å². The average molecular weight is 587 g/mol. The van der Waals surface area contributed by atoms with Gasteiger partial charge in [-0.05, 0) is 49.6 Å².